The first-order valence-electron chi connectivity index (χ1n) is 3.18. The van der Waals surface area contributed by atoms with Gasteiger partial charge in [0.25, 0.3) is 0 Å². The number of hydrogen-bond acceptors (Lipinski definition) is 2. The molecule has 0 spiro atoms. The van der Waals surface area contributed by atoms with E-state index in [1.54, 1.807) is 0 Å². The summed E-state index contributed by atoms with van der Waals surface area (Å²) in [5, 5.41) is 0. The number of halogens is 6. The van der Waals surface area contributed by atoms with Gasteiger partial charge in [-0.15, -0.1) is 0 Å². The largest absolute Gasteiger partial charge is 0.250 e. The zero-order valence-electron chi connectivity index (χ0n) is 6.32. The number of nitrogens with zero attached hydrogens (tertiary/aromatic N) is 2. The van der Waals surface area contributed by atoms with Crippen molar-refractivity contribution >= 4 is 69.6 Å². The van der Waals surface area contributed by atoms with Crippen LogP contribution in [0, 0.1) is 0 Å². The summed E-state index contributed by atoms with van der Waals surface area (Å²) < 4.78 is -3.39. The van der Waals surface area contributed by atoms with Crippen LogP contribution >= 0.6 is 69.6 Å². The Morgan fingerprint density at radius 2 is 1.50 bits per heavy atom. The Kier molecular flexibility index (Phi) is 4.02. The summed E-state index contributed by atoms with van der Waals surface area (Å²) in [7, 11) is 0. The summed E-state index contributed by atoms with van der Waals surface area (Å²) in [6.45, 7) is 0. The van der Waals surface area contributed by atoms with Gasteiger partial charge in [0.05, 0.1) is 5.69 Å². The quantitative estimate of drug-likeness (QED) is 0.673. The van der Waals surface area contributed by atoms with E-state index in [1.165, 1.54) is 12.3 Å². The van der Waals surface area contributed by atoms with Gasteiger partial charge < -0.3 is 0 Å². The molecule has 1 aromatic heterocycles. The van der Waals surface area contributed by atoms with Crippen LogP contribution in [-0.2, 0) is 7.59 Å². The SMILES string of the molecule is ClC(Cl)(Cl)c1ccnc(C(Cl)(Cl)Cl)n1. The van der Waals surface area contributed by atoms with Crippen LogP contribution in [0.2, 0.25) is 0 Å². The van der Waals surface area contributed by atoms with Gasteiger partial charge in [0.2, 0.25) is 7.59 Å². The van der Waals surface area contributed by atoms with Gasteiger partial charge in [0, 0.05) is 6.20 Å². The van der Waals surface area contributed by atoms with Crippen LogP contribution in [0.5, 0.6) is 0 Å². The fourth-order valence-corrected chi connectivity index (χ4v) is 1.24. The van der Waals surface area contributed by atoms with Gasteiger partial charge in [-0.05, 0) is 6.07 Å². The Labute approximate surface area is 110 Å². The lowest BCUT2D eigenvalue weighted by Crippen LogP contribution is -2.12. The van der Waals surface area contributed by atoms with Crippen LogP contribution in [0.3, 0.4) is 0 Å². The van der Waals surface area contributed by atoms with Crippen molar-refractivity contribution in [3.63, 3.8) is 0 Å². The molecule has 0 fully saturated rings. The highest BCUT2D eigenvalue weighted by atomic mass is 35.6. The van der Waals surface area contributed by atoms with E-state index in [4.69, 9.17) is 69.6 Å². The smallest absolute Gasteiger partial charge is 0.237 e. The number of hydrogen-bond donors (Lipinski definition) is 0. The molecule has 0 saturated heterocycles. The fraction of sp³-hybridized carbons (Fsp3) is 0.333. The van der Waals surface area contributed by atoms with Crippen molar-refractivity contribution < 1.29 is 0 Å². The Hall–Kier alpha value is 0.820. The zero-order chi connectivity index (χ0) is 11.0. The standard InChI is InChI=1S/C6H2Cl6N2/c7-5(8,9)3-1-2-13-4(14-3)6(10,11)12/h1-2H. The predicted molar refractivity (Wildman–Crippen MR) is 60.5 cm³/mol. The average Bonchev–Trinajstić information content (AvgIpc) is 2.01. The molecule has 78 valence electrons. The summed E-state index contributed by atoms with van der Waals surface area (Å²) in [5.74, 6) is -0.0358. The van der Waals surface area contributed by atoms with E-state index in [9.17, 15) is 0 Å². The zero-order valence-corrected chi connectivity index (χ0v) is 10.9. The molecule has 0 amide bonds. The van der Waals surface area contributed by atoms with E-state index in [2.05, 4.69) is 9.97 Å². The molecule has 1 aromatic rings. The van der Waals surface area contributed by atoms with Crippen LogP contribution < -0.4 is 0 Å². The Morgan fingerprint density at radius 3 is 1.93 bits per heavy atom. The molecule has 8 heteroatoms. The van der Waals surface area contributed by atoms with Gasteiger partial charge >= 0.3 is 0 Å². The van der Waals surface area contributed by atoms with Crippen LogP contribution in [0.4, 0.5) is 0 Å². The lowest BCUT2D eigenvalue weighted by atomic mass is 10.4. The highest BCUT2D eigenvalue weighted by Crippen LogP contribution is 2.40. The fourth-order valence-electron chi connectivity index (χ4n) is 0.653. The van der Waals surface area contributed by atoms with E-state index in [0.29, 0.717) is 0 Å². The second-order valence-corrected chi connectivity index (χ2v) is 6.82. The number of alkyl halides is 6. The number of aromatic nitrogens is 2. The molecule has 0 N–H and O–H groups in total. The van der Waals surface area contributed by atoms with Crippen molar-refractivity contribution in [3.05, 3.63) is 23.8 Å². The molecule has 1 rings (SSSR count). The number of rotatable bonds is 0. The highest BCUT2D eigenvalue weighted by molar-refractivity contribution is 6.67. The third-order valence-corrected chi connectivity index (χ3v) is 2.29. The molecule has 0 aliphatic heterocycles. The molecular formula is C6H2Cl6N2. The Morgan fingerprint density at radius 1 is 0.929 bits per heavy atom. The van der Waals surface area contributed by atoms with Crippen LogP contribution in [0.1, 0.15) is 11.5 Å². The van der Waals surface area contributed by atoms with Crippen molar-refractivity contribution in [2.75, 3.05) is 0 Å². The Bertz CT molecular complexity index is 299. The molecule has 0 aromatic carbocycles. The maximum atomic E-state index is 5.59. The minimum absolute atomic E-state index is 0.0358. The topological polar surface area (TPSA) is 25.8 Å². The molecule has 0 aliphatic rings. The molecule has 0 unspecified atom stereocenters. The Balaban J connectivity index is 3.15. The van der Waals surface area contributed by atoms with E-state index in [-0.39, 0.29) is 11.5 Å². The molecule has 14 heavy (non-hydrogen) atoms. The van der Waals surface area contributed by atoms with E-state index >= 15 is 0 Å². The molecular weight excluding hydrogens is 313 g/mol. The lowest BCUT2D eigenvalue weighted by molar-refractivity contribution is 0.915. The van der Waals surface area contributed by atoms with Crippen LogP contribution in [0.25, 0.3) is 0 Å². The lowest BCUT2D eigenvalue weighted by Gasteiger charge is -2.13. The minimum Gasteiger partial charge on any atom is -0.237 e. The first-order valence-corrected chi connectivity index (χ1v) is 5.45. The van der Waals surface area contributed by atoms with Gasteiger partial charge in [-0.3, -0.25) is 0 Å². The van der Waals surface area contributed by atoms with Crippen molar-refractivity contribution in [3.8, 4) is 0 Å². The van der Waals surface area contributed by atoms with Crippen LogP contribution in [0.15, 0.2) is 12.3 Å². The minimum atomic E-state index is -1.73. The third kappa shape index (κ3) is 3.44. The summed E-state index contributed by atoms with van der Waals surface area (Å²) >= 11 is 33.4. The van der Waals surface area contributed by atoms with E-state index in [0.717, 1.165) is 0 Å². The maximum absolute atomic E-state index is 5.59. The summed E-state index contributed by atoms with van der Waals surface area (Å²) in [6, 6.07) is 1.42. The van der Waals surface area contributed by atoms with Crippen molar-refractivity contribution in [1.82, 2.24) is 9.97 Å². The molecule has 0 aliphatic carbocycles. The first-order chi connectivity index (χ1) is 6.21. The summed E-state index contributed by atoms with van der Waals surface area (Å²) in [6.07, 6.45) is 1.35. The van der Waals surface area contributed by atoms with Crippen molar-refractivity contribution in [2.24, 2.45) is 0 Å². The molecule has 0 saturated carbocycles. The van der Waals surface area contributed by atoms with Gasteiger partial charge in [-0.1, -0.05) is 69.6 Å². The predicted octanol–water partition coefficient (Wildman–Crippen LogP) is 4.13. The van der Waals surface area contributed by atoms with Crippen molar-refractivity contribution in [1.29, 1.82) is 0 Å². The monoisotopic (exact) mass is 312 g/mol. The van der Waals surface area contributed by atoms with E-state index in [1.807, 2.05) is 0 Å². The molecule has 0 atom stereocenters. The first kappa shape index (κ1) is 12.9. The highest BCUT2D eigenvalue weighted by Gasteiger charge is 2.31. The van der Waals surface area contributed by atoms with Gasteiger partial charge in [0.15, 0.2) is 5.82 Å². The van der Waals surface area contributed by atoms with Crippen LogP contribution in [-0.4, -0.2) is 9.97 Å². The summed E-state index contributed by atoms with van der Waals surface area (Å²) in [4.78, 5) is 7.55. The second-order valence-electron chi connectivity index (χ2n) is 2.26. The van der Waals surface area contributed by atoms with Gasteiger partial charge in [-0.25, -0.2) is 9.97 Å². The van der Waals surface area contributed by atoms with Gasteiger partial charge in [0.1, 0.15) is 0 Å². The molecule has 0 bridgehead atoms. The van der Waals surface area contributed by atoms with Crippen molar-refractivity contribution in [2.45, 2.75) is 7.59 Å². The third-order valence-electron chi connectivity index (χ3n) is 1.20. The second kappa shape index (κ2) is 4.36. The molecule has 0 radical (unpaired) electrons. The average molecular weight is 315 g/mol. The summed E-state index contributed by atoms with van der Waals surface area (Å²) in [5.41, 5.74) is 0.152. The van der Waals surface area contributed by atoms with Gasteiger partial charge in [-0.2, -0.15) is 0 Å². The maximum Gasteiger partial charge on any atom is 0.250 e. The molecule has 2 nitrogen and oxygen atoms in total. The normalized spacial score (nSPS) is 13.0. The molecule has 1 heterocycles. The van der Waals surface area contributed by atoms with E-state index < -0.39 is 7.59 Å².